The molecule has 5 rings (SSSR count). The SMILES string of the molecule is COc1ccc(CC[C@@H](O)c2cc(O)cc(OC(c3ccccc3)(c3ccccc3)c3ccccc3)c2)cc1OC. The highest BCUT2D eigenvalue weighted by Crippen LogP contribution is 2.42. The molecule has 0 aliphatic rings. The summed E-state index contributed by atoms with van der Waals surface area (Å²) in [5.74, 6) is 1.77. The molecule has 0 bridgehead atoms. The Kier molecular flexibility index (Phi) is 8.56. The van der Waals surface area contributed by atoms with Crippen molar-refractivity contribution >= 4 is 0 Å². The van der Waals surface area contributed by atoms with Crippen molar-refractivity contribution in [3.05, 3.63) is 155 Å². The molecule has 0 fully saturated rings. The number of phenolic OH excluding ortho intramolecular Hbond substituents is 1. The first kappa shape index (κ1) is 27.8. The highest BCUT2D eigenvalue weighted by Gasteiger charge is 2.39. The van der Waals surface area contributed by atoms with Crippen molar-refractivity contribution in [3.8, 4) is 23.0 Å². The number of rotatable bonds is 11. The summed E-state index contributed by atoms with van der Waals surface area (Å²) >= 11 is 0. The number of aliphatic hydroxyl groups excluding tert-OH is 1. The minimum Gasteiger partial charge on any atom is -0.508 e. The zero-order valence-corrected chi connectivity index (χ0v) is 23.2. The number of aromatic hydroxyl groups is 1. The van der Waals surface area contributed by atoms with Gasteiger partial charge in [-0.05, 0) is 48.2 Å². The van der Waals surface area contributed by atoms with Crippen molar-refractivity contribution < 1.29 is 24.4 Å². The van der Waals surface area contributed by atoms with Crippen LogP contribution in [0.2, 0.25) is 0 Å². The van der Waals surface area contributed by atoms with E-state index in [4.69, 9.17) is 14.2 Å². The Morgan fingerprint density at radius 2 is 1.17 bits per heavy atom. The topological polar surface area (TPSA) is 68.2 Å². The molecule has 0 radical (unpaired) electrons. The quantitative estimate of drug-likeness (QED) is 0.169. The van der Waals surface area contributed by atoms with Crippen LogP contribution in [0.4, 0.5) is 0 Å². The Bertz CT molecular complexity index is 1460. The Morgan fingerprint density at radius 1 is 0.634 bits per heavy atom. The molecule has 5 aromatic rings. The lowest BCUT2D eigenvalue weighted by Gasteiger charge is -2.36. The molecule has 208 valence electrons. The highest BCUT2D eigenvalue weighted by atomic mass is 16.5. The highest BCUT2D eigenvalue weighted by molar-refractivity contribution is 5.50. The number of phenols is 1. The molecule has 5 nitrogen and oxygen atoms in total. The summed E-state index contributed by atoms with van der Waals surface area (Å²) < 4.78 is 17.7. The molecule has 0 spiro atoms. The number of hydrogen-bond donors (Lipinski definition) is 2. The van der Waals surface area contributed by atoms with E-state index in [1.807, 2.05) is 115 Å². The van der Waals surface area contributed by atoms with Crippen molar-refractivity contribution in [3.63, 3.8) is 0 Å². The van der Waals surface area contributed by atoms with E-state index in [1.165, 1.54) is 0 Å². The van der Waals surface area contributed by atoms with Gasteiger partial charge >= 0.3 is 0 Å². The molecule has 41 heavy (non-hydrogen) atoms. The van der Waals surface area contributed by atoms with E-state index >= 15 is 0 Å². The number of aryl methyl sites for hydroxylation is 1. The largest absolute Gasteiger partial charge is 0.508 e. The third kappa shape index (κ3) is 6.06. The molecule has 2 N–H and O–H groups in total. The summed E-state index contributed by atoms with van der Waals surface area (Å²) in [6.45, 7) is 0. The van der Waals surface area contributed by atoms with Crippen molar-refractivity contribution in [2.45, 2.75) is 24.5 Å². The summed E-state index contributed by atoms with van der Waals surface area (Å²) in [4.78, 5) is 0. The first-order valence-corrected chi connectivity index (χ1v) is 13.6. The van der Waals surface area contributed by atoms with E-state index in [0.717, 1.165) is 22.3 Å². The van der Waals surface area contributed by atoms with Crippen molar-refractivity contribution in [2.24, 2.45) is 0 Å². The molecule has 0 aliphatic carbocycles. The lowest BCUT2D eigenvalue weighted by Crippen LogP contribution is -2.36. The van der Waals surface area contributed by atoms with E-state index in [-0.39, 0.29) is 5.75 Å². The maximum absolute atomic E-state index is 11.2. The number of aliphatic hydroxyl groups is 1. The predicted molar refractivity (Wildman–Crippen MR) is 161 cm³/mol. The van der Waals surface area contributed by atoms with Gasteiger partial charge in [-0.2, -0.15) is 0 Å². The summed E-state index contributed by atoms with van der Waals surface area (Å²) in [7, 11) is 3.20. The first-order chi connectivity index (χ1) is 20.0. The number of methoxy groups -OCH3 is 2. The van der Waals surface area contributed by atoms with Crippen molar-refractivity contribution in [1.29, 1.82) is 0 Å². The molecule has 1 atom stereocenters. The van der Waals surface area contributed by atoms with Gasteiger partial charge in [0, 0.05) is 22.8 Å². The maximum Gasteiger partial charge on any atom is 0.184 e. The second-order valence-corrected chi connectivity index (χ2v) is 9.89. The van der Waals surface area contributed by atoms with Crippen molar-refractivity contribution in [2.75, 3.05) is 14.2 Å². The minimum atomic E-state index is -1.00. The van der Waals surface area contributed by atoms with Crippen LogP contribution >= 0.6 is 0 Å². The van der Waals surface area contributed by atoms with Gasteiger partial charge in [-0.25, -0.2) is 0 Å². The minimum absolute atomic E-state index is 0.0192. The second-order valence-electron chi connectivity index (χ2n) is 9.89. The summed E-state index contributed by atoms with van der Waals surface area (Å²) in [6, 6.07) is 40.9. The molecular formula is C36H34O5. The van der Waals surface area contributed by atoms with Crippen LogP contribution in [-0.4, -0.2) is 24.4 Å². The van der Waals surface area contributed by atoms with E-state index < -0.39 is 11.7 Å². The third-order valence-electron chi connectivity index (χ3n) is 7.26. The molecule has 0 aromatic heterocycles. The Labute approximate surface area is 241 Å². The maximum atomic E-state index is 11.2. The van der Waals surface area contributed by atoms with Gasteiger partial charge in [0.1, 0.15) is 11.5 Å². The van der Waals surface area contributed by atoms with Gasteiger partial charge in [-0.15, -0.1) is 0 Å². The third-order valence-corrected chi connectivity index (χ3v) is 7.26. The van der Waals surface area contributed by atoms with Gasteiger partial charge in [0.15, 0.2) is 17.1 Å². The fourth-order valence-corrected chi connectivity index (χ4v) is 5.24. The number of benzene rings is 5. The van der Waals surface area contributed by atoms with E-state index in [0.29, 0.717) is 35.7 Å². The first-order valence-electron chi connectivity index (χ1n) is 13.6. The fraction of sp³-hybridized carbons (Fsp3) is 0.167. The smallest absolute Gasteiger partial charge is 0.184 e. The second kappa shape index (κ2) is 12.6. The molecule has 0 heterocycles. The van der Waals surface area contributed by atoms with Gasteiger partial charge in [0.25, 0.3) is 0 Å². The number of ether oxygens (including phenoxy) is 3. The van der Waals surface area contributed by atoms with Gasteiger partial charge in [-0.3, -0.25) is 0 Å². The normalized spacial score (nSPS) is 12.0. The van der Waals surface area contributed by atoms with Crippen LogP contribution in [0.15, 0.2) is 127 Å². The standard InChI is InChI=1S/C36H34O5/c1-39-34-21-19-26(22-35(34)40-2)18-20-33(38)27-23-31(37)25-32(24-27)41-36(28-12-6-3-7-13-28,29-14-8-4-9-15-29)30-16-10-5-11-17-30/h3-17,19,21-25,33,37-38H,18,20H2,1-2H3/t33-/m1/s1. The van der Waals surface area contributed by atoms with Crippen LogP contribution in [0.1, 0.15) is 40.3 Å². The van der Waals surface area contributed by atoms with Crippen LogP contribution < -0.4 is 14.2 Å². The van der Waals surface area contributed by atoms with Crippen molar-refractivity contribution in [1.82, 2.24) is 0 Å². The van der Waals surface area contributed by atoms with Crippen LogP contribution in [0.25, 0.3) is 0 Å². The number of hydrogen-bond acceptors (Lipinski definition) is 5. The summed E-state index contributed by atoms with van der Waals surface area (Å²) in [6.07, 6.45) is 0.228. The Morgan fingerprint density at radius 3 is 1.68 bits per heavy atom. The lowest BCUT2D eigenvalue weighted by molar-refractivity contribution is 0.150. The molecule has 5 aromatic carbocycles. The molecule has 0 aliphatic heterocycles. The molecule has 0 saturated heterocycles. The average molecular weight is 547 g/mol. The molecule has 0 amide bonds. The van der Waals surface area contributed by atoms with E-state index in [2.05, 4.69) is 0 Å². The van der Waals surface area contributed by atoms with E-state index in [9.17, 15) is 10.2 Å². The van der Waals surface area contributed by atoms with Gasteiger partial charge in [-0.1, -0.05) is 97.1 Å². The predicted octanol–water partition coefficient (Wildman–Crippen LogP) is 7.45. The van der Waals surface area contributed by atoms with Crippen LogP contribution in [0.5, 0.6) is 23.0 Å². The van der Waals surface area contributed by atoms with Gasteiger partial charge in [0.05, 0.1) is 20.3 Å². The fourth-order valence-electron chi connectivity index (χ4n) is 5.24. The van der Waals surface area contributed by atoms with E-state index in [1.54, 1.807) is 26.4 Å². The lowest BCUT2D eigenvalue weighted by atomic mass is 9.80. The molecule has 0 saturated carbocycles. The average Bonchev–Trinajstić information content (AvgIpc) is 3.03. The zero-order chi connectivity index (χ0) is 28.7. The Balaban J connectivity index is 1.50. The summed E-state index contributed by atoms with van der Waals surface area (Å²) in [5.41, 5.74) is 3.40. The van der Waals surface area contributed by atoms with Crippen LogP contribution in [0, 0.1) is 0 Å². The summed E-state index contributed by atoms with van der Waals surface area (Å²) in [5, 5.41) is 21.9. The van der Waals surface area contributed by atoms with Crippen LogP contribution in [-0.2, 0) is 12.0 Å². The monoisotopic (exact) mass is 546 g/mol. The molecule has 0 unspecified atom stereocenters. The zero-order valence-electron chi connectivity index (χ0n) is 23.2. The van der Waals surface area contributed by atoms with Crippen LogP contribution in [0.3, 0.4) is 0 Å². The van der Waals surface area contributed by atoms with Gasteiger partial charge < -0.3 is 24.4 Å². The Hall–Kier alpha value is -4.74. The molecule has 5 heteroatoms. The van der Waals surface area contributed by atoms with Gasteiger partial charge in [0.2, 0.25) is 0 Å². The molecular weight excluding hydrogens is 512 g/mol.